The normalized spacial score (nSPS) is 11.8. The first-order chi connectivity index (χ1) is 18.1. The van der Waals surface area contributed by atoms with Crippen molar-refractivity contribution in [2.24, 2.45) is 12.1 Å². The van der Waals surface area contributed by atoms with E-state index in [1.807, 2.05) is 30.3 Å². The summed E-state index contributed by atoms with van der Waals surface area (Å²) in [6.07, 6.45) is 0. The number of hydrogen-bond acceptors (Lipinski definition) is 5. The molecule has 0 fully saturated rings. The van der Waals surface area contributed by atoms with E-state index in [1.54, 1.807) is 68.0 Å². The number of nitrogens with zero attached hydrogens (tertiary/aromatic N) is 4. The van der Waals surface area contributed by atoms with Gasteiger partial charge in [-0.25, -0.2) is 22.8 Å². The molecule has 0 saturated carbocycles. The highest BCUT2D eigenvalue weighted by molar-refractivity contribution is 14.1. The molecule has 0 atom stereocenters. The first-order valence-corrected chi connectivity index (χ1v) is 14.1. The summed E-state index contributed by atoms with van der Waals surface area (Å²) >= 11 is 2.19. The lowest BCUT2D eigenvalue weighted by molar-refractivity contribution is -0.119. The third-order valence-electron chi connectivity index (χ3n) is 6.00. The van der Waals surface area contributed by atoms with Crippen LogP contribution in [-0.4, -0.2) is 35.9 Å². The molecule has 0 aliphatic carbocycles. The summed E-state index contributed by atoms with van der Waals surface area (Å²) in [5.41, 5.74) is 4.06. The first kappa shape index (κ1) is 27.3. The monoisotopic (exact) mass is 643 g/mol. The van der Waals surface area contributed by atoms with E-state index in [2.05, 4.69) is 33.1 Å². The number of carbonyl (C=O) groups excluding carboxylic acids is 1. The Kier molecular flexibility index (Phi) is 8.17. The molecule has 38 heavy (non-hydrogen) atoms. The molecule has 11 heteroatoms. The number of aromatic nitrogens is 2. The Labute approximate surface area is 234 Å². The Morgan fingerprint density at radius 2 is 1.55 bits per heavy atom. The van der Waals surface area contributed by atoms with Crippen LogP contribution in [0.3, 0.4) is 0 Å². The summed E-state index contributed by atoms with van der Waals surface area (Å²) in [7, 11) is -2.62. The van der Waals surface area contributed by atoms with Gasteiger partial charge < -0.3 is 0 Å². The van der Waals surface area contributed by atoms with Gasteiger partial charge in [0.05, 0.1) is 22.0 Å². The second-order valence-corrected chi connectivity index (χ2v) is 11.6. The zero-order valence-electron chi connectivity index (χ0n) is 21.0. The van der Waals surface area contributed by atoms with Crippen molar-refractivity contribution < 1.29 is 13.2 Å². The molecular formula is C27H26IN5O4S. The number of hydrazone groups is 1. The highest BCUT2D eigenvalue weighted by Crippen LogP contribution is 2.25. The fourth-order valence-corrected chi connectivity index (χ4v) is 5.77. The Hall–Kier alpha value is -3.71. The van der Waals surface area contributed by atoms with Crippen LogP contribution in [0.25, 0.3) is 5.69 Å². The quantitative estimate of drug-likeness (QED) is 0.179. The molecule has 1 heterocycles. The second-order valence-electron chi connectivity index (χ2n) is 8.47. The van der Waals surface area contributed by atoms with Crippen molar-refractivity contribution in [1.82, 2.24) is 14.8 Å². The number of benzene rings is 3. The third kappa shape index (κ3) is 5.58. The largest absolute Gasteiger partial charge is 0.296 e. The lowest BCUT2D eigenvalue weighted by Gasteiger charge is -2.22. The van der Waals surface area contributed by atoms with Crippen molar-refractivity contribution in [2.75, 3.05) is 10.8 Å². The van der Waals surface area contributed by atoms with Crippen LogP contribution >= 0.6 is 22.6 Å². The molecule has 0 unspecified atom stereocenters. The summed E-state index contributed by atoms with van der Waals surface area (Å²) in [6.45, 7) is 2.73. The molecule has 4 aromatic rings. The van der Waals surface area contributed by atoms with E-state index >= 15 is 0 Å². The zero-order valence-corrected chi connectivity index (χ0v) is 24.0. The first-order valence-electron chi connectivity index (χ1n) is 11.6. The molecular weight excluding hydrogens is 617 g/mol. The number of sulfonamides is 1. The van der Waals surface area contributed by atoms with Crippen molar-refractivity contribution in [1.29, 1.82) is 0 Å². The minimum absolute atomic E-state index is 0.0414. The molecule has 1 amide bonds. The molecule has 9 nitrogen and oxygen atoms in total. The molecule has 0 spiro atoms. The fraction of sp³-hybridized carbons (Fsp3) is 0.148. The van der Waals surface area contributed by atoms with Crippen LogP contribution in [0.2, 0.25) is 0 Å². The number of rotatable bonds is 8. The van der Waals surface area contributed by atoms with E-state index in [1.165, 1.54) is 16.8 Å². The summed E-state index contributed by atoms with van der Waals surface area (Å²) in [5, 5.41) is 4.15. The van der Waals surface area contributed by atoms with E-state index in [4.69, 9.17) is 0 Å². The lowest BCUT2D eigenvalue weighted by atomic mass is 10.1. The van der Waals surface area contributed by atoms with Crippen LogP contribution < -0.4 is 15.3 Å². The minimum Gasteiger partial charge on any atom is -0.283 e. The summed E-state index contributed by atoms with van der Waals surface area (Å²) in [6, 6.07) is 24.2. The van der Waals surface area contributed by atoms with Gasteiger partial charge in [0.25, 0.3) is 21.5 Å². The molecule has 3 aromatic carbocycles. The second kappa shape index (κ2) is 11.4. The maximum absolute atomic E-state index is 13.8. The van der Waals surface area contributed by atoms with Crippen LogP contribution in [0.4, 0.5) is 5.69 Å². The maximum Gasteiger partial charge on any atom is 0.296 e. The van der Waals surface area contributed by atoms with E-state index in [0.29, 0.717) is 17.1 Å². The lowest BCUT2D eigenvalue weighted by Crippen LogP contribution is -2.42. The average molecular weight is 644 g/mol. The summed E-state index contributed by atoms with van der Waals surface area (Å²) in [4.78, 5) is 26.7. The molecule has 0 radical (unpaired) electrons. The van der Waals surface area contributed by atoms with Gasteiger partial charge >= 0.3 is 0 Å². The molecule has 1 aromatic heterocycles. The van der Waals surface area contributed by atoms with Crippen LogP contribution in [-0.2, 0) is 21.9 Å². The predicted octanol–water partition coefficient (Wildman–Crippen LogP) is 3.82. The van der Waals surface area contributed by atoms with Crippen molar-refractivity contribution in [3.05, 3.63) is 110 Å². The van der Waals surface area contributed by atoms with Crippen LogP contribution in [0, 0.1) is 10.5 Å². The number of nitrogens with one attached hydrogen (secondary N) is 1. The summed E-state index contributed by atoms with van der Waals surface area (Å²) in [5.74, 6) is -0.691. The number of hydrogen-bond donors (Lipinski definition) is 1. The number of amides is 1. The van der Waals surface area contributed by atoms with Crippen molar-refractivity contribution in [3.8, 4) is 5.69 Å². The third-order valence-corrected chi connectivity index (χ3v) is 8.48. The molecule has 0 aliphatic heterocycles. The highest BCUT2D eigenvalue weighted by atomic mass is 127. The van der Waals surface area contributed by atoms with Gasteiger partial charge in [-0.1, -0.05) is 48.5 Å². The smallest absolute Gasteiger partial charge is 0.283 e. The van der Waals surface area contributed by atoms with Crippen LogP contribution in [0.15, 0.2) is 99.7 Å². The van der Waals surface area contributed by atoms with E-state index in [0.717, 1.165) is 13.4 Å². The maximum atomic E-state index is 13.8. The Morgan fingerprint density at radius 3 is 2.16 bits per heavy atom. The Balaban J connectivity index is 1.75. The summed E-state index contributed by atoms with van der Waals surface area (Å²) < 4.78 is 32.4. The van der Waals surface area contributed by atoms with Crippen LogP contribution in [0.5, 0.6) is 0 Å². The van der Waals surface area contributed by atoms with E-state index in [-0.39, 0.29) is 10.6 Å². The van der Waals surface area contributed by atoms with Gasteiger partial charge in [-0.2, -0.15) is 5.10 Å². The number of carbonyl (C=O) groups is 1. The molecule has 0 bridgehead atoms. The molecule has 0 aliphatic rings. The van der Waals surface area contributed by atoms with E-state index in [9.17, 15) is 18.0 Å². The number of anilines is 1. The van der Waals surface area contributed by atoms with Gasteiger partial charge in [0.1, 0.15) is 12.2 Å². The molecule has 0 saturated heterocycles. The molecule has 196 valence electrons. The van der Waals surface area contributed by atoms with Gasteiger partial charge in [0, 0.05) is 10.6 Å². The SMILES string of the molecule is C/C(=N/NC(=O)CN(c1c(C)n(C)n(-c2ccccc2)c1=O)S(=O)(=O)c1ccccc1)c1ccc(I)cc1. The topological polar surface area (TPSA) is 106 Å². The van der Waals surface area contributed by atoms with Crippen molar-refractivity contribution in [3.63, 3.8) is 0 Å². The van der Waals surface area contributed by atoms with Crippen molar-refractivity contribution in [2.45, 2.75) is 18.7 Å². The minimum atomic E-state index is -4.28. The zero-order chi connectivity index (χ0) is 27.4. The van der Waals surface area contributed by atoms with Crippen molar-refractivity contribution >= 4 is 49.9 Å². The number of para-hydroxylation sites is 1. The highest BCUT2D eigenvalue weighted by Gasteiger charge is 2.33. The van der Waals surface area contributed by atoms with Gasteiger partial charge in [-0.15, -0.1) is 0 Å². The predicted molar refractivity (Wildman–Crippen MR) is 156 cm³/mol. The van der Waals surface area contributed by atoms with Gasteiger partial charge in [0.2, 0.25) is 0 Å². The fourth-order valence-electron chi connectivity index (χ4n) is 3.91. The Bertz CT molecular complexity index is 1650. The molecule has 4 rings (SSSR count). The Morgan fingerprint density at radius 1 is 0.974 bits per heavy atom. The van der Waals surface area contributed by atoms with E-state index < -0.39 is 28.0 Å². The number of halogens is 1. The van der Waals surface area contributed by atoms with Gasteiger partial charge in [0.15, 0.2) is 0 Å². The molecule has 1 N–H and O–H groups in total. The van der Waals surface area contributed by atoms with Gasteiger partial charge in [-0.05, 0) is 78.4 Å². The van der Waals surface area contributed by atoms with Crippen LogP contribution in [0.1, 0.15) is 18.2 Å². The standard InChI is InChI=1S/C27H26IN5O4S/c1-19(21-14-16-22(28)17-15-21)29-30-25(34)18-32(38(36,37)24-12-8-5-9-13-24)26-20(2)31(3)33(27(26)35)23-10-6-4-7-11-23/h4-17H,18H2,1-3H3,(H,30,34)/b29-19-. The van der Waals surface area contributed by atoms with Gasteiger partial charge in [-0.3, -0.25) is 14.3 Å². The average Bonchev–Trinajstić information content (AvgIpc) is 3.14.